The van der Waals surface area contributed by atoms with E-state index in [0.29, 0.717) is 39.1 Å². The van der Waals surface area contributed by atoms with E-state index in [1.54, 1.807) is 43.3 Å². The molecule has 0 aliphatic heterocycles. The number of fused-ring (bicyclic) bond motifs is 1. The molecule has 2 aromatic heterocycles. The molecule has 8 heteroatoms. The van der Waals surface area contributed by atoms with Crippen LogP contribution in [0.1, 0.15) is 32.0 Å². The number of aromatic nitrogens is 2. The maximum atomic E-state index is 13.5. The fourth-order valence-electron chi connectivity index (χ4n) is 3.27. The number of hydrogen-bond acceptors (Lipinski definition) is 5. The molecule has 0 radical (unpaired) electrons. The lowest BCUT2D eigenvalue weighted by atomic mass is 10.1. The maximum absolute atomic E-state index is 13.5. The Morgan fingerprint density at radius 1 is 1.03 bits per heavy atom. The van der Waals surface area contributed by atoms with Crippen molar-refractivity contribution in [3.63, 3.8) is 0 Å². The Labute approximate surface area is 183 Å². The number of amides is 2. The average Bonchev–Trinajstić information content (AvgIpc) is 2.79. The molecule has 4 rings (SSSR count). The first-order chi connectivity index (χ1) is 15.4. The summed E-state index contributed by atoms with van der Waals surface area (Å²) in [5.74, 6) is -0.313. The molecule has 32 heavy (non-hydrogen) atoms. The summed E-state index contributed by atoms with van der Waals surface area (Å²) in [5.41, 5.74) is 7.63. The van der Waals surface area contributed by atoms with Crippen molar-refractivity contribution in [3.05, 3.63) is 95.2 Å². The molecule has 3 N–H and O–H groups in total. The standard InChI is InChI=1S/C24H19FN4O3/c1-14-17(24(31)29-13-15-7-9-28-20(11-15)23(26)30)3-2-4-21(14)32-22-8-10-27-19-12-16(25)5-6-18(19)22/h2-12H,13H2,1H3,(H2,26,30)(H,29,31). The van der Waals surface area contributed by atoms with Crippen molar-refractivity contribution < 1.29 is 18.7 Å². The number of halogens is 1. The van der Waals surface area contributed by atoms with E-state index in [9.17, 15) is 14.0 Å². The Morgan fingerprint density at radius 2 is 1.84 bits per heavy atom. The molecule has 2 heterocycles. The molecule has 4 aromatic rings. The van der Waals surface area contributed by atoms with Crippen LogP contribution in [0.25, 0.3) is 10.9 Å². The van der Waals surface area contributed by atoms with Crippen LogP contribution in [0.5, 0.6) is 11.5 Å². The third kappa shape index (κ3) is 4.39. The van der Waals surface area contributed by atoms with Gasteiger partial charge < -0.3 is 15.8 Å². The predicted octanol–water partition coefficient (Wildman–Crippen LogP) is 3.90. The van der Waals surface area contributed by atoms with Gasteiger partial charge in [-0.25, -0.2) is 4.39 Å². The lowest BCUT2D eigenvalue weighted by molar-refractivity contribution is 0.0949. The molecule has 7 nitrogen and oxygen atoms in total. The summed E-state index contributed by atoms with van der Waals surface area (Å²) in [6.07, 6.45) is 3.00. The number of hydrogen-bond donors (Lipinski definition) is 2. The topological polar surface area (TPSA) is 107 Å². The summed E-state index contributed by atoms with van der Waals surface area (Å²) in [6.45, 7) is 1.98. The van der Waals surface area contributed by atoms with E-state index >= 15 is 0 Å². The summed E-state index contributed by atoms with van der Waals surface area (Å²) < 4.78 is 19.6. The van der Waals surface area contributed by atoms with Crippen LogP contribution >= 0.6 is 0 Å². The van der Waals surface area contributed by atoms with E-state index in [1.165, 1.54) is 30.6 Å². The molecule has 0 bridgehead atoms. The number of pyridine rings is 2. The van der Waals surface area contributed by atoms with Gasteiger partial charge in [0.15, 0.2) is 0 Å². The number of nitrogens with zero attached hydrogens (tertiary/aromatic N) is 2. The second-order valence-corrected chi connectivity index (χ2v) is 7.10. The number of carbonyl (C=O) groups excluding carboxylic acids is 2. The van der Waals surface area contributed by atoms with E-state index in [4.69, 9.17) is 10.5 Å². The molecule has 2 aromatic carbocycles. The number of rotatable bonds is 6. The zero-order chi connectivity index (χ0) is 22.7. The van der Waals surface area contributed by atoms with Crippen LogP contribution in [0.2, 0.25) is 0 Å². The quantitative estimate of drug-likeness (QED) is 0.482. The van der Waals surface area contributed by atoms with Crippen molar-refractivity contribution in [1.29, 1.82) is 0 Å². The molecule has 0 spiro atoms. The Hall–Kier alpha value is -4.33. The highest BCUT2D eigenvalue weighted by Gasteiger charge is 2.14. The second kappa shape index (κ2) is 8.81. The van der Waals surface area contributed by atoms with Crippen molar-refractivity contribution in [2.75, 3.05) is 0 Å². The summed E-state index contributed by atoms with van der Waals surface area (Å²) in [7, 11) is 0. The minimum Gasteiger partial charge on any atom is -0.456 e. The maximum Gasteiger partial charge on any atom is 0.267 e. The van der Waals surface area contributed by atoms with Crippen LogP contribution < -0.4 is 15.8 Å². The molecular formula is C24H19FN4O3. The Kier molecular flexibility index (Phi) is 5.76. The highest BCUT2D eigenvalue weighted by Crippen LogP contribution is 2.32. The van der Waals surface area contributed by atoms with Gasteiger partial charge in [0, 0.05) is 41.5 Å². The van der Waals surface area contributed by atoms with Crippen LogP contribution in [0, 0.1) is 12.7 Å². The molecule has 0 unspecified atom stereocenters. The molecule has 160 valence electrons. The van der Waals surface area contributed by atoms with Crippen molar-refractivity contribution in [3.8, 4) is 11.5 Å². The van der Waals surface area contributed by atoms with Gasteiger partial charge in [0.25, 0.3) is 11.8 Å². The number of benzene rings is 2. The monoisotopic (exact) mass is 430 g/mol. The molecular weight excluding hydrogens is 411 g/mol. The lowest BCUT2D eigenvalue weighted by Gasteiger charge is -2.14. The zero-order valence-corrected chi connectivity index (χ0v) is 17.1. The van der Waals surface area contributed by atoms with Gasteiger partial charge in [-0.15, -0.1) is 0 Å². The second-order valence-electron chi connectivity index (χ2n) is 7.10. The average molecular weight is 430 g/mol. The molecule has 0 atom stereocenters. The largest absolute Gasteiger partial charge is 0.456 e. The smallest absolute Gasteiger partial charge is 0.267 e. The minimum atomic E-state index is -0.634. The summed E-state index contributed by atoms with van der Waals surface area (Å²) in [6, 6.07) is 14.4. The van der Waals surface area contributed by atoms with Gasteiger partial charge in [-0.05, 0) is 55.0 Å². The van der Waals surface area contributed by atoms with E-state index < -0.39 is 5.91 Å². The summed E-state index contributed by atoms with van der Waals surface area (Å²) in [4.78, 5) is 32.1. The van der Waals surface area contributed by atoms with Gasteiger partial charge >= 0.3 is 0 Å². The fraction of sp³-hybridized carbons (Fsp3) is 0.0833. The van der Waals surface area contributed by atoms with Crippen molar-refractivity contribution in [2.24, 2.45) is 5.73 Å². The SMILES string of the molecule is Cc1c(Oc2ccnc3cc(F)ccc23)cccc1C(=O)NCc1ccnc(C(N)=O)c1. The van der Waals surface area contributed by atoms with Crippen molar-refractivity contribution >= 4 is 22.7 Å². The summed E-state index contributed by atoms with van der Waals surface area (Å²) in [5, 5.41) is 3.48. The minimum absolute atomic E-state index is 0.132. The molecule has 0 saturated heterocycles. The molecule has 0 aliphatic rings. The molecule has 2 amide bonds. The van der Waals surface area contributed by atoms with Gasteiger partial charge in [0.05, 0.1) is 5.52 Å². The van der Waals surface area contributed by atoms with Crippen molar-refractivity contribution in [2.45, 2.75) is 13.5 Å². The first-order valence-corrected chi connectivity index (χ1v) is 9.77. The van der Waals surface area contributed by atoms with Gasteiger partial charge in [0.2, 0.25) is 0 Å². The van der Waals surface area contributed by atoms with E-state index in [2.05, 4.69) is 15.3 Å². The van der Waals surface area contributed by atoms with Gasteiger partial charge in [0.1, 0.15) is 23.0 Å². The van der Waals surface area contributed by atoms with Crippen LogP contribution in [-0.4, -0.2) is 21.8 Å². The Morgan fingerprint density at radius 3 is 2.66 bits per heavy atom. The van der Waals surface area contributed by atoms with Crippen molar-refractivity contribution in [1.82, 2.24) is 15.3 Å². The number of carbonyl (C=O) groups is 2. The lowest BCUT2D eigenvalue weighted by Crippen LogP contribution is -2.24. The normalized spacial score (nSPS) is 10.7. The van der Waals surface area contributed by atoms with Crippen LogP contribution in [0.3, 0.4) is 0 Å². The van der Waals surface area contributed by atoms with Crippen LogP contribution in [0.15, 0.2) is 67.0 Å². The highest BCUT2D eigenvalue weighted by atomic mass is 19.1. The van der Waals surface area contributed by atoms with E-state index in [0.717, 1.165) is 0 Å². The number of primary amides is 1. The van der Waals surface area contributed by atoms with E-state index in [1.807, 2.05) is 0 Å². The number of nitrogens with two attached hydrogens (primary N) is 1. The number of nitrogens with one attached hydrogen (secondary N) is 1. The molecule has 0 aliphatic carbocycles. The van der Waals surface area contributed by atoms with Gasteiger partial charge in [-0.3, -0.25) is 19.6 Å². The third-order valence-corrected chi connectivity index (χ3v) is 4.94. The third-order valence-electron chi connectivity index (χ3n) is 4.94. The van der Waals surface area contributed by atoms with Crippen LogP contribution in [0.4, 0.5) is 4.39 Å². The zero-order valence-electron chi connectivity index (χ0n) is 17.1. The number of ether oxygens (including phenoxy) is 1. The Bertz CT molecular complexity index is 1340. The highest BCUT2D eigenvalue weighted by molar-refractivity contribution is 5.96. The van der Waals surface area contributed by atoms with Gasteiger partial charge in [-0.2, -0.15) is 0 Å². The van der Waals surface area contributed by atoms with Crippen LogP contribution in [-0.2, 0) is 6.54 Å². The van der Waals surface area contributed by atoms with Gasteiger partial charge in [-0.1, -0.05) is 6.07 Å². The summed E-state index contributed by atoms with van der Waals surface area (Å²) >= 11 is 0. The fourth-order valence-corrected chi connectivity index (χ4v) is 3.27. The predicted molar refractivity (Wildman–Crippen MR) is 117 cm³/mol. The first kappa shape index (κ1) is 20.9. The Balaban J connectivity index is 1.54. The molecule has 0 saturated carbocycles. The first-order valence-electron chi connectivity index (χ1n) is 9.77. The van der Waals surface area contributed by atoms with E-state index in [-0.39, 0.29) is 24.0 Å². The molecule has 0 fully saturated rings.